The minimum atomic E-state index is 0.0911. The fourth-order valence-electron chi connectivity index (χ4n) is 2.00. The van der Waals surface area contributed by atoms with Crippen LogP contribution in [-0.2, 0) is 4.79 Å². The first kappa shape index (κ1) is 9.00. The predicted molar refractivity (Wildman–Crippen MR) is 51.1 cm³/mol. The van der Waals surface area contributed by atoms with Crippen molar-refractivity contribution in [1.82, 2.24) is 4.90 Å². The molecule has 1 saturated heterocycles. The van der Waals surface area contributed by atoms with E-state index >= 15 is 0 Å². The Bertz CT molecular complexity index is 201. The third-order valence-electron chi connectivity index (χ3n) is 2.98. The first-order valence-corrected chi connectivity index (χ1v) is 5.29. The van der Waals surface area contributed by atoms with Gasteiger partial charge >= 0.3 is 0 Å². The lowest BCUT2D eigenvalue weighted by molar-refractivity contribution is -0.127. The molecule has 1 unspecified atom stereocenters. The number of rotatable bonds is 4. The topological polar surface area (TPSA) is 46.3 Å². The van der Waals surface area contributed by atoms with Crippen LogP contribution in [-0.4, -0.2) is 29.9 Å². The number of likely N-dealkylation sites (tertiary alicyclic amines) is 1. The van der Waals surface area contributed by atoms with E-state index in [9.17, 15) is 4.79 Å². The van der Waals surface area contributed by atoms with Crippen LogP contribution in [0, 0.1) is 5.92 Å². The van der Waals surface area contributed by atoms with E-state index < -0.39 is 0 Å². The summed E-state index contributed by atoms with van der Waals surface area (Å²) in [6.45, 7) is 1.71. The molecule has 1 saturated carbocycles. The molecule has 1 amide bonds. The van der Waals surface area contributed by atoms with Crippen LogP contribution in [0.15, 0.2) is 0 Å². The van der Waals surface area contributed by atoms with E-state index in [1.54, 1.807) is 0 Å². The summed E-state index contributed by atoms with van der Waals surface area (Å²) in [6, 6.07) is 0.0911. The molecule has 0 bridgehead atoms. The molecule has 3 heteroatoms. The maximum Gasteiger partial charge on any atom is 0.224 e. The Morgan fingerprint density at radius 3 is 2.77 bits per heavy atom. The van der Waals surface area contributed by atoms with Crippen molar-refractivity contribution in [3.63, 3.8) is 0 Å². The summed E-state index contributed by atoms with van der Waals surface area (Å²) in [5.74, 6) is 1.23. The second kappa shape index (κ2) is 3.66. The molecule has 0 aromatic heterocycles. The number of hydrogen-bond donors (Lipinski definition) is 1. The maximum atomic E-state index is 11.3. The van der Waals surface area contributed by atoms with E-state index in [4.69, 9.17) is 5.73 Å². The molecule has 1 aliphatic heterocycles. The largest absolute Gasteiger partial charge is 0.341 e. The molecule has 0 spiro atoms. The summed E-state index contributed by atoms with van der Waals surface area (Å²) in [7, 11) is 0. The smallest absolute Gasteiger partial charge is 0.224 e. The van der Waals surface area contributed by atoms with Gasteiger partial charge in [-0.1, -0.05) is 12.8 Å². The van der Waals surface area contributed by atoms with Gasteiger partial charge < -0.3 is 10.6 Å². The number of nitrogens with zero attached hydrogens (tertiary/aromatic N) is 1. The van der Waals surface area contributed by atoms with Crippen LogP contribution in [0.1, 0.15) is 32.1 Å². The number of carbonyl (C=O) groups is 1. The summed E-state index contributed by atoms with van der Waals surface area (Å²) in [4.78, 5) is 13.2. The van der Waals surface area contributed by atoms with Gasteiger partial charge in [0, 0.05) is 25.6 Å². The van der Waals surface area contributed by atoms with Crippen LogP contribution in [0.4, 0.5) is 0 Å². The Balaban J connectivity index is 1.65. The van der Waals surface area contributed by atoms with E-state index in [1.165, 1.54) is 25.7 Å². The van der Waals surface area contributed by atoms with E-state index in [0.717, 1.165) is 19.0 Å². The second-order valence-electron chi connectivity index (χ2n) is 4.39. The molecule has 0 aromatic rings. The van der Waals surface area contributed by atoms with Gasteiger partial charge in [0.1, 0.15) is 0 Å². The van der Waals surface area contributed by atoms with Gasteiger partial charge in [0.25, 0.3) is 0 Å². The number of nitrogens with two attached hydrogens (primary N) is 1. The Morgan fingerprint density at radius 1 is 1.46 bits per heavy atom. The number of amides is 1. The quantitative estimate of drug-likeness (QED) is 0.697. The standard InChI is InChI=1S/C10H18N2O/c11-9-6-10(13)12(7-9)5-1-2-8-3-4-8/h8-9H,1-7,11H2. The third kappa shape index (κ3) is 2.44. The zero-order valence-corrected chi connectivity index (χ0v) is 8.04. The Kier molecular flexibility index (Phi) is 2.54. The SMILES string of the molecule is NC1CC(=O)N(CCCC2CC2)C1. The number of hydrogen-bond acceptors (Lipinski definition) is 2. The average molecular weight is 182 g/mol. The highest BCUT2D eigenvalue weighted by molar-refractivity contribution is 5.79. The van der Waals surface area contributed by atoms with Gasteiger partial charge in [0.2, 0.25) is 5.91 Å². The van der Waals surface area contributed by atoms with Crippen LogP contribution in [0.25, 0.3) is 0 Å². The van der Waals surface area contributed by atoms with Gasteiger partial charge in [-0.25, -0.2) is 0 Å². The monoisotopic (exact) mass is 182 g/mol. The molecule has 2 aliphatic rings. The molecular weight excluding hydrogens is 164 g/mol. The second-order valence-corrected chi connectivity index (χ2v) is 4.39. The van der Waals surface area contributed by atoms with E-state index in [0.29, 0.717) is 6.42 Å². The molecule has 1 aliphatic carbocycles. The Labute approximate surface area is 79.3 Å². The maximum absolute atomic E-state index is 11.3. The third-order valence-corrected chi connectivity index (χ3v) is 2.98. The molecule has 1 atom stereocenters. The van der Waals surface area contributed by atoms with Crippen LogP contribution >= 0.6 is 0 Å². The van der Waals surface area contributed by atoms with Crippen molar-refractivity contribution in [2.45, 2.75) is 38.1 Å². The molecule has 3 nitrogen and oxygen atoms in total. The van der Waals surface area contributed by atoms with E-state index in [1.807, 2.05) is 4.90 Å². The first-order valence-electron chi connectivity index (χ1n) is 5.29. The van der Waals surface area contributed by atoms with Gasteiger partial charge in [0.15, 0.2) is 0 Å². The van der Waals surface area contributed by atoms with Crippen LogP contribution < -0.4 is 5.73 Å². The van der Waals surface area contributed by atoms with Gasteiger partial charge in [-0.05, 0) is 18.8 Å². The Hall–Kier alpha value is -0.570. The molecule has 13 heavy (non-hydrogen) atoms. The highest BCUT2D eigenvalue weighted by Crippen LogP contribution is 2.33. The van der Waals surface area contributed by atoms with Gasteiger partial charge in [-0.2, -0.15) is 0 Å². The fourth-order valence-corrected chi connectivity index (χ4v) is 2.00. The lowest BCUT2D eigenvalue weighted by atomic mass is 10.2. The lowest BCUT2D eigenvalue weighted by Gasteiger charge is -2.15. The first-order chi connectivity index (χ1) is 6.25. The molecule has 1 heterocycles. The molecule has 74 valence electrons. The van der Waals surface area contributed by atoms with Gasteiger partial charge in [-0.3, -0.25) is 4.79 Å². The van der Waals surface area contributed by atoms with Gasteiger partial charge in [-0.15, -0.1) is 0 Å². The lowest BCUT2D eigenvalue weighted by Crippen LogP contribution is -2.29. The van der Waals surface area contributed by atoms with Crippen molar-refractivity contribution in [3.05, 3.63) is 0 Å². The number of carbonyl (C=O) groups excluding carboxylic acids is 1. The molecule has 2 rings (SSSR count). The Morgan fingerprint density at radius 2 is 2.23 bits per heavy atom. The van der Waals surface area contributed by atoms with Crippen molar-refractivity contribution in [2.24, 2.45) is 11.7 Å². The van der Waals surface area contributed by atoms with Crippen molar-refractivity contribution < 1.29 is 4.79 Å². The molecule has 2 N–H and O–H groups in total. The van der Waals surface area contributed by atoms with Crippen molar-refractivity contribution in [2.75, 3.05) is 13.1 Å². The summed E-state index contributed by atoms with van der Waals surface area (Å²) in [5.41, 5.74) is 5.70. The fraction of sp³-hybridized carbons (Fsp3) is 0.900. The van der Waals surface area contributed by atoms with E-state index in [-0.39, 0.29) is 11.9 Å². The summed E-state index contributed by atoms with van der Waals surface area (Å²) >= 11 is 0. The van der Waals surface area contributed by atoms with Crippen LogP contribution in [0.2, 0.25) is 0 Å². The zero-order valence-electron chi connectivity index (χ0n) is 8.04. The minimum Gasteiger partial charge on any atom is -0.341 e. The van der Waals surface area contributed by atoms with Crippen LogP contribution in [0.3, 0.4) is 0 Å². The summed E-state index contributed by atoms with van der Waals surface area (Å²) in [5, 5.41) is 0. The summed E-state index contributed by atoms with van der Waals surface area (Å²) < 4.78 is 0. The van der Waals surface area contributed by atoms with E-state index in [2.05, 4.69) is 0 Å². The summed E-state index contributed by atoms with van der Waals surface area (Å²) in [6.07, 6.45) is 5.85. The normalized spacial score (nSPS) is 28.5. The highest BCUT2D eigenvalue weighted by atomic mass is 16.2. The van der Waals surface area contributed by atoms with Crippen molar-refractivity contribution in [3.8, 4) is 0 Å². The zero-order chi connectivity index (χ0) is 9.26. The molecular formula is C10H18N2O. The van der Waals surface area contributed by atoms with Crippen LogP contribution in [0.5, 0.6) is 0 Å². The van der Waals surface area contributed by atoms with Gasteiger partial charge in [0.05, 0.1) is 0 Å². The average Bonchev–Trinajstić information content (AvgIpc) is 2.81. The minimum absolute atomic E-state index is 0.0911. The molecule has 0 aromatic carbocycles. The van der Waals surface area contributed by atoms with Crippen molar-refractivity contribution in [1.29, 1.82) is 0 Å². The highest BCUT2D eigenvalue weighted by Gasteiger charge is 2.27. The molecule has 2 fully saturated rings. The molecule has 0 radical (unpaired) electrons. The predicted octanol–water partition coefficient (Wildman–Crippen LogP) is 0.736. The van der Waals surface area contributed by atoms with Crippen molar-refractivity contribution >= 4 is 5.91 Å².